The van der Waals surface area contributed by atoms with Crippen LogP contribution in [0.5, 0.6) is 0 Å². The summed E-state index contributed by atoms with van der Waals surface area (Å²) in [5, 5.41) is 6.69. The molecule has 0 amide bonds. The van der Waals surface area contributed by atoms with Crippen LogP contribution in [0.15, 0.2) is 58.4 Å². The number of pyridine rings is 1. The van der Waals surface area contributed by atoms with Gasteiger partial charge in [0.2, 0.25) is 0 Å². The molecule has 1 saturated carbocycles. The third-order valence-corrected chi connectivity index (χ3v) is 3.96. The Kier molecular flexibility index (Phi) is 7.49. The van der Waals surface area contributed by atoms with Gasteiger partial charge in [0.15, 0.2) is 5.96 Å². The van der Waals surface area contributed by atoms with Crippen LogP contribution in [0.3, 0.4) is 0 Å². The number of hydrogen-bond acceptors (Lipinski definition) is 2. The van der Waals surface area contributed by atoms with Gasteiger partial charge in [-0.1, -0.05) is 30.3 Å². The van der Waals surface area contributed by atoms with Crippen LogP contribution in [-0.2, 0) is 13.1 Å². The smallest absolute Gasteiger partial charge is 0.250 e. The molecular formula is C19H25IN4O. The van der Waals surface area contributed by atoms with Crippen LogP contribution < -0.4 is 16.2 Å². The van der Waals surface area contributed by atoms with Gasteiger partial charge in [0, 0.05) is 24.8 Å². The summed E-state index contributed by atoms with van der Waals surface area (Å²) in [4.78, 5) is 16.4. The Labute approximate surface area is 165 Å². The van der Waals surface area contributed by atoms with Crippen molar-refractivity contribution >= 4 is 29.9 Å². The van der Waals surface area contributed by atoms with E-state index in [9.17, 15) is 4.79 Å². The lowest BCUT2D eigenvalue weighted by atomic mass is 10.1. The lowest BCUT2D eigenvalue weighted by molar-refractivity contribution is 0.759. The highest BCUT2D eigenvalue weighted by Gasteiger charge is 2.21. The first-order valence-electron chi connectivity index (χ1n) is 8.52. The van der Waals surface area contributed by atoms with E-state index in [0.717, 1.165) is 23.6 Å². The number of aromatic nitrogens is 1. The topological polar surface area (TPSA) is 58.4 Å². The Bertz CT molecular complexity index is 751. The van der Waals surface area contributed by atoms with E-state index in [1.807, 2.05) is 12.3 Å². The summed E-state index contributed by atoms with van der Waals surface area (Å²) in [5.41, 5.74) is 2.29. The molecule has 1 aliphatic carbocycles. The molecule has 1 fully saturated rings. The maximum Gasteiger partial charge on any atom is 0.250 e. The van der Waals surface area contributed by atoms with Gasteiger partial charge in [0.25, 0.3) is 5.56 Å². The second-order valence-corrected chi connectivity index (χ2v) is 6.10. The number of nitrogens with zero attached hydrogens (tertiary/aromatic N) is 2. The normalized spacial score (nSPS) is 13.9. The molecule has 6 heteroatoms. The number of halogens is 1. The molecule has 0 radical (unpaired) electrons. The molecule has 5 nitrogen and oxygen atoms in total. The van der Waals surface area contributed by atoms with Gasteiger partial charge in [-0.3, -0.25) is 4.79 Å². The SMILES string of the molecule is CCNC(=NCc1ccc(Cn2ccccc2=O)cc1)NC1CC1.I. The number of aliphatic imine (C=N–C) groups is 1. The molecule has 0 atom stereocenters. The van der Waals surface area contributed by atoms with Crippen molar-refractivity contribution in [1.29, 1.82) is 0 Å². The summed E-state index contributed by atoms with van der Waals surface area (Å²) in [7, 11) is 0. The Balaban J connectivity index is 0.00000225. The fraction of sp³-hybridized carbons (Fsp3) is 0.368. The first kappa shape index (κ1) is 19.5. The summed E-state index contributed by atoms with van der Waals surface area (Å²) < 4.78 is 1.70. The molecule has 0 unspecified atom stereocenters. The minimum absolute atomic E-state index is 0. The van der Waals surface area contributed by atoms with Crippen LogP contribution in [0.2, 0.25) is 0 Å². The largest absolute Gasteiger partial charge is 0.357 e. The van der Waals surface area contributed by atoms with Gasteiger partial charge in [-0.05, 0) is 37.0 Å². The van der Waals surface area contributed by atoms with Crippen molar-refractivity contribution < 1.29 is 0 Å². The van der Waals surface area contributed by atoms with Crippen molar-refractivity contribution in [1.82, 2.24) is 15.2 Å². The van der Waals surface area contributed by atoms with E-state index < -0.39 is 0 Å². The summed E-state index contributed by atoms with van der Waals surface area (Å²) in [6, 6.07) is 14.1. The van der Waals surface area contributed by atoms with Crippen molar-refractivity contribution in [3.63, 3.8) is 0 Å². The van der Waals surface area contributed by atoms with Gasteiger partial charge in [-0.2, -0.15) is 0 Å². The average Bonchev–Trinajstić information content (AvgIpc) is 3.40. The first-order valence-corrected chi connectivity index (χ1v) is 8.52. The maximum atomic E-state index is 11.8. The molecule has 25 heavy (non-hydrogen) atoms. The lowest BCUT2D eigenvalue weighted by Crippen LogP contribution is -2.38. The van der Waals surface area contributed by atoms with Gasteiger partial charge in [0.1, 0.15) is 0 Å². The van der Waals surface area contributed by atoms with Crippen molar-refractivity contribution in [3.8, 4) is 0 Å². The fourth-order valence-corrected chi connectivity index (χ4v) is 2.45. The van der Waals surface area contributed by atoms with E-state index in [1.165, 1.54) is 12.8 Å². The van der Waals surface area contributed by atoms with Crippen LogP contribution in [0.25, 0.3) is 0 Å². The van der Waals surface area contributed by atoms with Gasteiger partial charge < -0.3 is 15.2 Å². The van der Waals surface area contributed by atoms with E-state index in [2.05, 4.69) is 46.8 Å². The standard InChI is InChI=1S/C19H24N4O.HI/c1-2-20-19(22-17-10-11-17)21-13-15-6-8-16(9-7-15)14-23-12-4-3-5-18(23)24;/h3-9,12,17H,2,10-11,13-14H2,1H3,(H2,20,21,22);1H. The third kappa shape index (κ3) is 6.19. The lowest BCUT2D eigenvalue weighted by Gasteiger charge is -2.10. The highest BCUT2D eigenvalue weighted by Crippen LogP contribution is 2.18. The van der Waals surface area contributed by atoms with E-state index >= 15 is 0 Å². The highest BCUT2D eigenvalue weighted by atomic mass is 127. The predicted molar refractivity (Wildman–Crippen MR) is 113 cm³/mol. The summed E-state index contributed by atoms with van der Waals surface area (Å²) in [6.45, 7) is 4.18. The molecule has 3 rings (SSSR count). The van der Waals surface area contributed by atoms with E-state index in [1.54, 1.807) is 16.7 Å². The average molecular weight is 452 g/mol. The highest BCUT2D eigenvalue weighted by molar-refractivity contribution is 14.0. The molecule has 2 aromatic rings. The molecule has 1 aromatic heterocycles. The Morgan fingerprint density at radius 1 is 1.16 bits per heavy atom. The molecule has 0 saturated heterocycles. The number of guanidine groups is 1. The summed E-state index contributed by atoms with van der Waals surface area (Å²) >= 11 is 0. The minimum Gasteiger partial charge on any atom is -0.357 e. The Hall–Kier alpha value is -1.83. The summed E-state index contributed by atoms with van der Waals surface area (Å²) in [6.07, 6.45) is 4.28. The molecule has 0 aliphatic heterocycles. The zero-order valence-corrected chi connectivity index (χ0v) is 16.8. The summed E-state index contributed by atoms with van der Waals surface area (Å²) in [5.74, 6) is 0.889. The van der Waals surface area contributed by atoms with E-state index in [4.69, 9.17) is 0 Å². The monoisotopic (exact) mass is 452 g/mol. The molecule has 134 valence electrons. The molecule has 0 spiro atoms. The van der Waals surface area contributed by atoms with Gasteiger partial charge >= 0.3 is 0 Å². The second kappa shape index (κ2) is 9.60. The van der Waals surface area contributed by atoms with Gasteiger partial charge in [-0.25, -0.2) is 4.99 Å². The van der Waals surface area contributed by atoms with Crippen molar-refractivity contribution in [2.75, 3.05) is 6.54 Å². The Morgan fingerprint density at radius 2 is 1.88 bits per heavy atom. The fourth-order valence-electron chi connectivity index (χ4n) is 2.45. The first-order chi connectivity index (χ1) is 11.7. The molecule has 1 aliphatic rings. The van der Waals surface area contributed by atoms with Crippen LogP contribution in [-0.4, -0.2) is 23.1 Å². The second-order valence-electron chi connectivity index (χ2n) is 6.10. The van der Waals surface area contributed by atoms with E-state index in [-0.39, 0.29) is 29.5 Å². The zero-order valence-electron chi connectivity index (χ0n) is 14.4. The molecule has 2 N–H and O–H groups in total. The molecule has 1 heterocycles. The zero-order chi connectivity index (χ0) is 16.8. The van der Waals surface area contributed by atoms with Gasteiger partial charge in [-0.15, -0.1) is 24.0 Å². The quantitative estimate of drug-likeness (QED) is 0.403. The van der Waals surface area contributed by atoms with E-state index in [0.29, 0.717) is 19.1 Å². The van der Waals surface area contributed by atoms with Crippen LogP contribution in [0, 0.1) is 0 Å². The van der Waals surface area contributed by atoms with Crippen molar-refractivity contribution in [3.05, 3.63) is 70.1 Å². The van der Waals surface area contributed by atoms with Crippen LogP contribution in [0.1, 0.15) is 30.9 Å². The molecule has 0 bridgehead atoms. The van der Waals surface area contributed by atoms with Crippen LogP contribution in [0.4, 0.5) is 0 Å². The molecular weight excluding hydrogens is 427 g/mol. The van der Waals surface area contributed by atoms with Crippen LogP contribution >= 0.6 is 24.0 Å². The molecule has 1 aromatic carbocycles. The minimum atomic E-state index is 0. The third-order valence-electron chi connectivity index (χ3n) is 3.96. The van der Waals surface area contributed by atoms with Crippen molar-refractivity contribution in [2.24, 2.45) is 4.99 Å². The number of nitrogens with one attached hydrogen (secondary N) is 2. The predicted octanol–water partition coefficient (Wildman–Crippen LogP) is 2.73. The van der Waals surface area contributed by atoms with Gasteiger partial charge in [0.05, 0.1) is 13.1 Å². The number of benzene rings is 1. The van der Waals surface area contributed by atoms with Crippen molar-refractivity contribution in [2.45, 2.75) is 38.9 Å². The number of rotatable bonds is 6. The Morgan fingerprint density at radius 3 is 2.52 bits per heavy atom. The number of hydrogen-bond donors (Lipinski definition) is 2. The maximum absolute atomic E-state index is 11.8.